The van der Waals surface area contributed by atoms with E-state index in [4.69, 9.17) is 16.3 Å². The van der Waals surface area contributed by atoms with Gasteiger partial charge in [-0.3, -0.25) is 4.79 Å². The summed E-state index contributed by atoms with van der Waals surface area (Å²) in [6.45, 7) is 3.42. The summed E-state index contributed by atoms with van der Waals surface area (Å²) in [5.74, 6) is -0.579. The molecule has 0 saturated heterocycles. The monoisotopic (exact) mass is 356 g/mol. The van der Waals surface area contributed by atoms with Gasteiger partial charge in [0.15, 0.2) is 11.9 Å². The molecule has 0 aliphatic rings. The lowest BCUT2D eigenvalue weighted by molar-refractivity contribution is -0.137. The van der Waals surface area contributed by atoms with Crippen LogP contribution >= 0.6 is 11.6 Å². The summed E-state index contributed by atoms with van der Waals surface area (Å²) in [5.41, 5.74) is -0.289. The van der Waals surface area contributed by atoms with E-state index in [9.17, 15) is 18.0 Å². The predicted octanol–water partition coefficient (Wildman–Crippen LogP) is 5.70. The van der Waals surface area contributed by atoms with Crippen molar-refractivity contribution >= 4 is 17.4 Å². The third kappa shape index (κ3) is 4.51. The van der Waals surface area contributed by atoms with Crippen molar-refractivity contribution < 1.29 is 22.7 Å². The number of carbonyl (C=O) groups excluding carboxylic acids is 1. The molecular weight excluding hydrogens is 341 g/mol. The van der Waals surface area contributed by atoms with Gasteiger partial charge in [0.25, 0.3) is 0 Å². The molecule has 0 amide bonds. The Morgan fingerprint density at radius 2 is 1.71 bits per heavy atom. The Hall–Kier alpha value is -2.01. The fraction of sp³-hybridized carbons (Fsp3) is 0.278. The van der Waals surface area contributed by atoms with Gasteiger partial charge in [-0.05, 0) is 35.9 Å². The van der Waals surface area contributed by atoms with Crippen molar-refractivity contribution in [2.24, 2.45) is 5.92 Å². The lowest BCUT2D eigenvalue weighted by atomic mass is 9.97. The summed E-state index contributed by atoms with van der Waals surface area (Å²) in [4.78, 5) is 12.4. The van der Waals surface area contributed by atoms with Crippen LogP contribution in [0.3, 0.4) is 0 Å². The number of ketones is 1. The van der Waals surface area contributed by atoms with E-state index in [1.54, 1.807) is 38.1 Å². The Morgan fingerprint density at radius 1 is 1.08 bits per heavy atom. The minimum absolute atomic E-state index is 0.0150. The van der Waals surface area contributed by atoms with Gasteiger partial charge in [-0.15, -0.1) is 0 Å². The highest BCUT2D eigenvalue weighted by atomic mass is 35.5. The molecule has 0 N–H and O–H groups in total. The summed E-state index contributed by atoms with van der Waals surface area (Å²) >= 11 is 5.84. The van der Waals surface area contributed by atoms with E-state index < -0.39 is 17.8 Å². The molecule has 0 radical (unpaired) electrons. The zero-order valence-electron chi connectivity index (χ0n) is 13.1. The molecule has 0 spiro atoms. The second-order valence-corrected chi connectivity index (χ2v) is 6.07. The largest absolute Gasteiger partial charge is 0.478 e. The number of carbonyl (C=O) groups is 1. The van der Waals surface area contributed by atoms with Crippen molar-refractivity contribution in [1.82, 2.24) is 0 Å². The first kappa shape index (κ1) is 18.3. The molecule has 2 nitrogen and oxygen atoms in total. The van der Waals surface area contributed by atoms with Gasteiger partial charge in [-0.2, -0.15) is 13.2 Å². The van der Waals surface area contributed by atoms with Gasteiger partial charge in [-0.25, -0.2) is 0 Å². The highest BCUT2D eigenvalue weighted by Gasteiger charge is 2.31. The number of rotatable bonds is 5. The molecule has 2 aromatic carbocycles. The van der Waals surface area contributed by atoms with Crippen molar-refractivity contribution in [3.63, 3.8) is 0 Å². The van der Waals surface area contributed by atoms with E-state index in [-0.39, 0.29) is 17.5 Å². The molecule has 0 aliphatic carbocycles. The molecule has 2 rings (SSSR count). The quantitative estimate of drug-likeness (QED) is 0.686. The van der Waals surface area contributed by atoms with Gasteiger partial charge in [-0.1, -0.05) is 43.6 Å². The first-order valence-corrected chi connectivity index (χ1v) is 7.69. The average Bonchev–Trinajstić information content (AvgIpc) is 2.52. The van der Waals surface area contributed by atoms with Crippen LogP contribution in [0, 0.1) is 5.92 Å². The van der Waals surface area contributed by atoms with Crippen molar-refractivity contribution in [3.8, 4) is 5.75 Å². The number of halogens is 4. The molecule has 0 bridgehead atoms. The number of Topliss-reactive ketones (excluding diaryl/α,β-unsaturated/α-hetero) is 1. The van der Waals surface area contributed by atoms with E-state index in [0.29, 0.717) is 10.6 Å². The molecule has 0 aliphatic heterocycles. The van der Waals surface area contributed by atoms with Crippen LogP contribution in [0.25, 0.3) is 0 Å². The lowest BCUT2D eigenvalue weighted by Crippen LogP contribution is -2.23. The Bertz CT molecular complexity index is 709. The molecule has 128 valence electrons. The topological polar surface area (TPSA) is 26.3 Å². The molecule has 0 heterocycles. The zero-order chi connectivity index (χ0) is 17.9. The Balaban J connectivity index is 2.35. The summed E-state index contributed by atoms with van der Waals surface area (Å²) in [7, 11) is 0. The number of alkyl halides is 3. The van der Waals surface area contributed by atoms with Crippen molar-refractivity contribution in [2.75, 3.05) is 0 Å². The minimum atomic E-state index is -4.48. The van der Waals surface area contributed by atoms with Gasteiger partial charge in [0.05, 0.1) is 5.56 Å². The van der Waals surface area contributed by atoms with Crippen molar-refractivity contribution in [2.45, 2.75) is 26.1 Å². The van der Waals surface area contributed by atoms with E-state index in [2.05, 4.69) is 0 Å². The molecule has 24 heavy (non-hydrogen) atoms. The summed E-state index contributed by atoms with van der Waals surface area (Å²) in [5, 5.41) is 0.494. The fourth-order valence-corrected chi connectivity index (χ4v) is 2.24. The Morgan fingerprint density at radius 3 is 2.25 bits per heavy atom. The van der Waals surface area contributed by atoms with Crippen LogP contribution in [0.4, 0.5) is 13.2 Å². The minimum Gasteiger partial charge on any atom is -0.478 e. The molecule has 1 atom stereocenters. The second-order valence-electron chi connectivity index (χ2n) is 5.63. The van der Waals surface area contributed by atoms with E-state index >= 15 is 0 Å². The maximum Gasteiger partial charge on any atom is 0.416 e. The van der Waals surface area contributed by atoms with Crippen LogP contribution < -0.4 is 4.74 Å². The molecule has 2 aromatic rings. The Kier molecular flexibility index (Phi) is 5.54. The summed E-state index contributed by atoms with van der Waals surface area (Å²) in [6.07, 6.45) is -5.47. The van der Waals surface area contributed by atoms with Crippen LogP contribution in [-0.2, 0) is 11.0 Å². The van der Waals surface area contributed by atoms with Crippen LogP contribution in [0.2, 0.25) is 5.02 Å². The van der Waals surface area contributed by atoms with Crippen LogP contribution in [0.15, 0.2) is 48.5 Å². The van der Waals surface area contributed by atoms with Gasteiger partial charge in [0.2, 0.25) is 0 Å². The number of benzene rings is 2. The molecule has 1 unspecified atom stereocenters. The molecule has 0 saturated carbocycles. The molecule has 6 heteroatoms. The summed E-state index contributed by atoms with van der Waals surface area (Å²) in [6, 6.07) is 10.9. The van der Waals surface area contributed by atoms with Gasteiger partial charge >= 0.3 is 6.18 Å². The molecule has 0 fully saturated rings. The maximum atomic E-state index is 12.8. The smallest absolute Gasteiger partial charge is 0.416 e. The van der Waals surface area contributed by atoms with Crippen LogP contribution in [0.5, 0.6) is 5.75 Å². The van der Waals surface area contributed by atoms with Gasteiger partial charge in [0.1, 0.15) is 5.75 Å². The van der Waals surface area contributed by atoms with Gasteiger partial charge < -0.3 is 4.74 Å². The lowest BCUT2D eigenvalue weighted by Gasteiger charge is -2.21. The van der Waals surface area contributed by atoms with Crippen molar-refractivity contribution in [1.29, 1.82) is 0 Å². The average molecular weight is 357 g/mol. The third-order valence-corrected chi connectivity index (χ3v) is 3.67. The van der Waals surface area contributed by atoms with E-state index in [1.165, 1.54) is 12.1 Å². The van der Waals surface area contributed by atoms with E-state index in [0.717, 1.165) is 12.1 Å². The summed E-state index contributed by atoms with van der Waals surface area (Å²) < 4.78 is 44.1. The second kappa shape index (κ2) is 7.26. The van der Waals surface area contributed by atoms with Crippen LogP contribution in [-0.4, -0.2) is 5.78 Å². The van der Waals surface area contributed by atoms with Crippen LogP contribution in [0.1, 0.15) is 31.1 Å². The number of ether oxygens (including phenoxy) is 1. The normalized spacial score (nSPS) is 13.0. The molecular formula is C18H16ClF3O2. The third-order valence-electron chi connectivity index (χ3n) is 3.42. The Labute approximate surface area is 143 Å². The number of hydrogen-bond donors (Lipinski definition) is 0. The predicted molar refractivity (Wildman–Crippen MR) is 86.1 cm³/mol. The van der Waals surface area contributed by atoms with Gasteiger partial charge in [0, 0.05) is 10.9 Å². The standard InChI is InChI=1S/C18H16ClF3O2/c1-11(2)16(23)17(12-6-8-14(19)9-7-12)24-15-5-3-4-13(10-15)18(20,21)22/h3-11,17H,1-2H3. The fourth-order valence-electron chi connectivity index (χ4n) is 2.11. The zero-order valence-corrected chi connectivity index (χ0v) is 13.9. The first-order chi connectivity index (χ1) is 11.2. The highest BCUT2D eigenvalue weighted by molar-refractivity contribution is 6.30. The first-order valence-electron chi connectivity index (χ1n) is 7.31. The SMILES string of the molecule is CC(C)C(=O)C(Oc1cccc(C(F)(F)F)c1)c1ccc(Cl)cc1. The highest BCUT2D eigenvalue weighted by Crippen LogP contribution is 2.33. The maximum absolute atomic E-state index is 12.8. The van der Waals surface area contributed by atoms with E-state index in [1.807, 2.05) is 0 Å². The van der Waals surface area contributed by atoms with Crippen molar-refractivity contribution in [3.05, 3.63) is 64.7 Å². The molecule has 0 aromatic heterocycles. The number of hydrogen-bond acceptors (Lipinski definition) is 2.